The zero-order chi connectivity index (χ0) is 17.5. The van der Waals surface area contributed by atoms with Crippen LogP contribution in [0.1, 0.15) is 23.6 Å². The van der Waals surface area contributed by atoms with Gasteiger partial charge in [0, 0.05) is 0 Å². The molecule has 0 aliphatic heterocycles. The summed E-state index contributed by atoms with van der Waals surface area (Å²) in [5.41, 5.74) is 3.49. The van der Waals surface area contributed by atoms with Crippen molar-refractivity contribution < 1.29 is 14.3 Å². The van der Waals surface area contributed by atoms with Crippen molar-refractivity contribution >= 4 is 5.91 Å². The second-order valence-electron chi connectivity index (χ2n) is 5.96. The average Bonchev–Trinajstić information content (AvgIpc) is 2.55. The van der Waals surface area contributed by atoms with Crippen LogP contribution >= 0.6 is 0 Å². The fraction of sp³-hybridized carbons (Fsp3) is 0.350. The van der Waals surface area contributed by atoms with Gasteiger partial charge in [0.25, 0.3) is 5.91 Å². The van der Waals surface area contributed by atoms with Gasteiger partial charge in [0.2, 0.25) is 0 Å². The summed E-state index contributed by atoms with van der Waals surface area (Å²) in [4.78, 5) is 12.1. The number of nitrogens with one attached hydrogen (secondary N) is 1. The van der Waals surface area contributed by atoms with Gasteiger partial charge < -0.3 is 14.8 Å². The van der Waals surface area contributed by atoms with Crippen LogP contribution in [0, 0.1) is 20.8 Å². The molecule has 0 fully saturated rings. The van der Waals surface area contributed by atoms with Crippen molar-refractivity contribution in [3.8, 4) is 11.5 Å². The number of aryl methyl sites for hydroxylation is 3. The van der Waals surface area contributed by atoms with Crippen LogP contribution in [0.5, 0.6) is 11.5 Å². The largest absolute Gasteiger partial charge is 0.492 e. The molecule has 0 radical (unpaired) electrons. The SMILES string of the molecule is Cc1cccc(OCCNC(=O)C(C)Oc2ccc(C)c(C)c2)c1. The molecular weight excluding hydrogens is 302 g/mol. The average molecular weight is 327 g/mol. The molecule has 24 heavy (non-hydrogen) atoms. The predicted molar refractivity (Wildman–Crippen MR) is 95.7 cm³/mol. The Hall–Kier alpha value is -2.49. The van der Waals surface area contributed by atoms with Gasteiger partial charge >= 0.3 is 0 Å². The van der Waals surface area contributed by atoms with Crippen molar-refractivity contribution in [3.05, 3.63) is 59.2 Å². The highest BCUT2D eigenvalue weighted by atomic mass is 16.5. The molecule has 4 heteroatoms. The van der Waals surface area contributed by atoms with Crippen molar-refractivity contribution in [2.24, 2.45) is 0 Å². The first-order chi connectivity index (χ1) is 11.5. The highest BCUT2D eigenvalue weighted by molar-refractivity contribution is 5.80. The van der Waals surface area contributed by atoms with Crippen LogP contribution in [0.4, 0.5) is 0 Å². The van der Waals surface area contributed by atoms with Crippen LogP contribution in [0.15, 0.2) is 42.5 Å². The van der Waals surface area contributed by atoms with Gasteiger partial charge in [-0.2, -0.15) is 0 Å². The smallest absolute Gasteiger partial charge is 0.260 e. The molecule has 0 aromatic heterocycles. The number of amides is 1. The fourth-order valence-electron chi connectivity index (χ4n) is 2.24. The van der Waals surface area contributed by atoms with Crippen molar-refractivity contribution in [1.29, 1.82) is 0 Å². The Morgan fingerprint density at radius 3 is 2.54 bits per heavy atom. The van der Waals surface area contributed by atoms with Gasteiger partial charge in [-0.3, -0.25) is 4.79 Å². The van der Waals surface area contributed by atoms with Gasteiger partial charge in [0.1, 0.15) is 18.1 Å². The molecule has 0 bridgehead atoms. The second kappa shape index (κ2) is 8.39. The van der Waals surface area contributed by atoms with E-state index in [0.717, 1.165) is 16.9 Å². The minimum atomic E-state index is -0.550. The molecule has 2 aromatic carbocycles. The molecule has 2 aromatic rings. The van der Waals surface area contributed by atoms with Crippen LogP contribution in [0.3, 0.4) is 0 Å². The third-order valence-electron chi connectivity index (χ3n) is 3.82. The van der Waals surface area contributed by atoms with E-state index < -0.39 is 6.10 Å². The van der Waals surface area contributed by atoms with Gasteiger partial charge in [-0.25, -0.2) is 0 Å². The lowest BCUT2D eigenvalue weighted by molar-refractivity contribution is -0.127. The standard InChI is InChI=1S/C20H25NO3/c1-14-6-5-7-18(12-14)23-11-10-21-20(22)17(4)24-19-9-8-15(2)16(3)13-19/h5-9,12-13,17H,10-11H2,1-4H3,(H,21,22). The minimum Gasteiger partial charge on any atom is -0.492 e. The normalized spacial score (nSPS) is 11.7. The molecule has 0 spiro atoms. The first kappa shape index (κ1) is 17.9. The van der Waals surface area contributed by atoms with E-state index in [1.54, 1.807) is 6.92 Å². The van der Waals surface area contributed by atoms with E-state index in [1.165, 1.54) is 5.56 Å². The van der Waals surface area contributed by atoms with Crippen LogP contribution in [-0.4, -0.2) is 25.2 Å². The number of rotatable bonds is 7. The maximum absolute atomic E-state index is 12.1. The summed E-state index contributed by atoms with van der Waals surface area (Å²) in [6.07, 6.45) is -0.550. The maximum Gasteiger partial charge on any atom is 0.260 e. The quantitative estimate of drug-likeness (QED) is 0.791. The Bertz CT molecular complexity index is 697. The lowest BCUT2D eigenvalue weighted by Gasteiger charge is -2.16. The number of hydrogen-bond donors (Lipinski definition) is 1. The molecule has 0 aliphatic carbocycles. The van der Waals surface area contributed by atoms with Crippen molar-refractivity contribution in [3.63, 3.8) is 0 Å². The van der Waals surface area contributed by atoms with E-state index in [2.05, 4.69) is 5.32 Å². The zero-order valence-electron chi connectivity index (χ0n) is 14.8. The monoisotopic (exact) mass is 327 g/mol. The van der Waals surface area contributed by atoms with Gasteiger partial charge in [0.05, 0.1) is 6.54 Å². The van der Waals surface area contributed by atoms with E-state index >= 15 is 0 Å². The Morgan fingerprint density at radius 2 is 1.83 bits per heavy atom. The van der Waals surface area contributed by atoms with E-state index in [-0.39, 0.29) is 5.91 Å². The summed E-state index contributed by atoms with van der Waals surface area (Å²) in [5, 5.41) is 2.82. The van der Waals surface area contributed by atoms with E-state index in [4.69, 9.17) is 9.47 Å². The number of carbonyl (C=O) groups is 1. The lowest BCUT2D eigenvalue weighted by atomic mass is 10.1. The molecule has 1 N–H and O–H groups in total. The highest BCUT2D eigenvalue weighted by Crippen LogP contribution is 2.17. The number of carbonyl (C=O) groups excluding carboxylic acids is 1. The molecule has 0 heterocycles. The molecule has 0 saturated carbocycles. The van der Waals surface area contributed by atoms with Crippen molar-refractivity contribution in [1.82, 2.24) is 5.32 Å². The summed E-state index contributed by atoms with van der Waals surface area (Å²) in [6, 6.07) is 13.6. The van der Waals surface area contributed by atoms with Crippen LogP contribution < -0.4 is 14.8 Å². The van der Waals surface area contributed by atoms with Crippen LogP contribution in [-0.2, 0) is 4.79 Å². The van der Waals surface area contributed by atoms with Crippen LogP contribution in [0.2, 0.25) is 0 Å². The third kappa shape index (κ3) is 5.30. The van der Waals surface area contributed by atoms with Gasteiger partial charge in [-0.1, -0.05) is 18.2 Å². The minimum absolute atomic E-state index is 0.152. The number of benzene rings is 2. The van der Waals surface area contributed by atoms with E-state index in [0.29, 0.717) is 18.9 Å². The molecular formula is C20H25NO3. The van der Waals surface area contributed by atoms with Crippen molar-refractivity contribution in [2.75, 3.05) is 13.2 Å². The summed E-state index contributed by atoms with van der Waals surface area (Å²) in [7, 11) is 0. The van der Waals surface area contributed by atoms with Gasteiger partial charge in [-0.05, 0) is 68.7 Å². The zero-order valence-corrected chi connectivity index (χ0v) is 14.8. The fourth-order valence-corrected chi connectivity index (χ4v) is 2.24. The van der Waals surface area contributed by atoms with E-state index in [1.807, 2.05) is 63.2 Å². The Balaban J connectivity index is 1.74. The highest BCUT2D eigenvalue weighted by Gasteiger charge is 2.14. The molecule has 1 atom stereocenters. The molecule has 1 unspecified atom stereocenters. The second-order valence-corrected chi connectivity index (χ2v) is 5.96. The van der Waals surface area contributed by atoms with Gasteiger partial charge in [-0.15, -0.1) is 0 Å². The topological polar surface area (TPSA) is 47.6 Å². The van der Waals surface area contributed by atoms with Crippen LogP contribution in [0.25, 0.3) is 0 Å². The Kier molecular flexibility index (Phi) is 6.24. The lowest BCUT2D eigenvalue weighted by Crippen LogP contribution is -2.38. The maximum atomic E-state index is 12.1. The summed E-state index contributed by atoms with van der Waals surface area (Å²) >= 11 is 0. The Labute approximate surface area is 143 Å². The van der Waals surface area contributed by atoms with Crippen molar-refractivity contribution in [2.45, 2.75) is 33.8 Å². The first-order valence-electron chi connectivity index (χ1n) is 8.17. The Morgan fingerprint density at radius 1 is 1.04 bits per heavy atom. The molecule has 4 nitrogen and oxygen atoms in total. The van der Waals surface area contributed by atoms with E-state index in [9.17, 15) is 4.79 Å². The summed E-state index contributed by atoms with van der Waals surface area (Å²) < 4.78 is 11.3. The predicted octanol–water partition coefficient (Wildman–Crippen LogP) is 3.57. The molecule has 1 amide bonds. The van der Waals surface area contributed by atoms with Gasteiger partial charge in [0.15, 0.2) is 6.10 Å². The number of hydrogen-bond acceptors (Lipinski definition) is 3. The summed E-state index contributed by atoms with van der Waals surface area (Å²) in [6.45, 7) is 8.68. The third-order valence-corrected chi connectivity index (χ3v) is 3.82. The number of ether oxygens (including phenoxy) is 2. The molecule has 0 saturated heterocycles. The molecule has 128 valence electrons. The first-order valence-corrected chi connectivity index (χ1v) is 8.17. The molecule has 0 aliphatic rings. The summed E-state index contributed by atoms with van der Waals surface area (Å²) in [5.74, 6) is 1.36. The molecule has 2 rings (SSSR count).